The van der Waals surface area contributed by atoms with Crippen LogP contribution in [0.4, 0.5) is 5.69 Å². The van der Waals surface area contributed by atoms with Crippen molar-refractivity contribution in [2.75, 3.05) is 12.4 Å². The number of amides is 1. The van der Waals surface area contributed by atoms with Gasteiger partial charge in [-0.2, -0.15) is 0 Å². The highest BCUT2D eigenvalue weighted by atomic mass is 35.5. The summed E-state index contributed by atoms with van der Waals surface area (Å²) in [5.41, 5.74) is 7.96. The van der Waals surface area contributed by atoms with Crippen LogP contribution in [0.25, 0.3) is 0 Å². The van der Waals surface area contributed by atoms with Gasteiger partial charge in [0.25, 0.3) is 0 Å². The van der Waals surface area contributed by atoms with Gasteiger partial charge in [0.15, 0.2) is 0 Å². The Bertz CT molecular complexity index is 658. The minimum absolute atomic E-state index is 0.459. The third kappa shape index (κ3) is 3.67. The number of nitrogens with one attached hydrogen (secondary N) is 1. The highest BCUT2D eigenvalue weighted by molar-refractivity contribution is 6.30. The number of anilines is 1. The zero-order valence-electron chi connectivity index (χ0n) is 11.9. The first-order valence-corrected chi connectivity index (χ1v) is 6.85. The lowest BCUT2D eigenvalue weighted by Gasteiger charge is -2.18. The van der Waals surface area contributed by atoms with E-state index >= 15 is 0 Å². The van der Waals surface area contributed by atoms with E-state index in [9.17, 15) is 4.79 Å². The minimum atomic E-state index is -0.631. The predicted octanol–water partition coefficient (Wildman–Crippen LogP) is 3.30. The Kier molecular flexibility index (Phi) is 4.70. The number of carbonyl (C=O) groups excluding carboxylic acids is 1. The summed E-state index contributed by atoms with van der Waals surface area (Å²) in [6.07, 6.45) is 0. The largest absolute Gasteiger partial charge is 0.496 e. The summed E-state index contributed by atoms with van der Waals surface area (Å²) in [4.78, 5) is 11.8. The maximum atomic E-state index is 11.8. The number of hydrogen-bond donors (Lipinski definition) is 2. The van der Waals surface area contributed by atoms with Crippen molar-refractivity contribution in [1.29, 1.82) is 0 Å². The Morgan fingerprint density at radius 2 is 2.05 bits per heavy atom. The summed E-state index contributed by atoms with van der Waals surface area (Å²) in [6, 6.07) is 12.0. The van der Waals surface area contributed by atoms with Crippen molar-refractivity contribution in [2.45, 2.75) is 13.0 Å². The van der Waals surface area contributed by atoms with E-state index in [0.717, 1.165) is 22.6 Å². The molecule has 0 saturated carbocycles. The summed E-state index contributed by atoms with van der Waals surface area (Å²) in [5, 5.41) is 3.69. The van der Waals surface area contributed by atoms with Gasteiger partial charge in [0.05, 0.1) is 7.11 Å². The van der Waals surface area contributed by atoms with Gasteiger partial charge in [0.1, 0.15) is 11.8 Å². The second-order valence-electron chi connectivity index (χ2n) is 4.72. The molecule has 0 aliphatic rings. The first-order chi connectivity index (χ1) is 10.0. The van der Waals surface area contributed by atoms with E-state index in [-0.39, 0.29) is 0 Å². The summed E-state index contributed by atoms with van der Waals surface area (Å²) >= 11 is 5.95. The fourth-order valence-electron chi connectivity index (χ4n) is 2.14. The molecule has 0 bridgehead atoms. The van der Waals surface area contributed by atoms with Gasteiger partial charge in [-0.25, -0.2) is 0 Å². The van der Waals surface area contributed by atoms with E-state index in [1.165, 1.54) is 0 Å². The van der Waals surface area contributed by atoms with Crippen LogP contribution in [0.1, 0.15) is 17.2 Å². The monoisotopic (exact) mass is 304 g/mol. The van der Waals surface area contributed by atoms with Crippen LogP contribution in [0.15, 0.2) is 42.5 Å². The van der Waals surface area contributed by atoms with Crippen molar-refractivity contribution in [1.82, 2.24) is 0 Å². The van der Waals surface area contributed by atoms with Crippen molar-refractivity contribution in [3.8, 4) is 5.75 Å². The maximum absolute atomic E-state index is 11.8. The zero-order chi connectivity index (χ0) is 15.4. The van der Waals surface area contributed by atoms with Crippen molar-refractivity contribution in [3.05, 3.63) is 58.6 Å². The van der Waals surface area contributed by atoms with E-state index in [4.69, 9.17) is 22.1 Å². The summed E-state index contributed by atoms with van der Waals surface area (Å²) < 4.78 is 5.22. The van der Waals surface area contributed by atoms with Crippen LogP contribution in [0, 0.1) is 6.92 Å². The van der Waals surface area contributed by atoms with E-state index in [2.05, 4.69) is 5.32 Å². The van der Waals surface area contributed by atoms with Gasteiger partial charge in [-0.15, -0.1) is 0 Å². The fraction of sp³-hybridized carbons (Fsp3) is 0.188. The second kappa shape index (κ2) is 6.50. The molecule has 110 valence electrons. The Morgan fingerprint density at radius 3 is 2.62 bits per heavy atom. The number of aryl methyl sites for hydroxylation is 1. The zero-order valence-corrected chi connectivity index (χ0v) is 12.6. The average molecular weight is 305 g/mol. The van der Waals surface area contributed by atoms with Crippen molar-refractivity contribution in [3.63, 3.8) is 0 Å². The molecule has 1 amide bonds. The predicted molar refractivity (Wildman–Crippen MR) is 84.7 cm³/mol. The van der Waals surface area contributed by atoms with Crippen LogP contribution >= 0.6 is 11.6 Å². The highest BCUT2D eigenvalue weighted by Crippen LogP contribution is 2.26. The minimum Gasteiger partial charge on any atom is -0.496 e. The molecule has 0 aliphatic heterocycles. The molecule has 0 aromatic heterocycles. The third-order valence-corrected chi connectivity index (χ3v) is 3.41. The summed E-state index contributed by atoms with van der Waals surface area (Å²) in [7, 11) is 1.61. The van der Waals surface area contributed by atoms with E-state index < -0.39 is 11.9 Å². The quantitative estimate of drug-likeness (QED) is 0.891. The van der Waals surface area contributed by atoms with Gasteiger partial charge in [-0.1, -0.05) is 23.7 Å². The smallest absolute Gasteiger partial charge is 0.244 e. The first kappa shape index (κ1) is 15.2. The number of methoxy groups -OCH3 is 1. The number of primary amides is 1. The van der Waals surface area contributed by atoms with Gasteiger partial charge < -0.3 is 15.8 Å². The molecule has 2 aromatic carbocycles. The van der Waals surface area contributed by atoms with Crippen LogP contribution in [0.3, 0.4) is 0 Å². The van der Waals surface area contributed by atoms with Crippen LogP contribution in [-0.2, 0) is 4.79 Å². The van der Waals surface area contributed by atoms with Gasteiger partial charge >= 0.3 is 0 Å². The molecule has 2 aromatic rings. The Morgan fingerprint density at radius 1 is 1.29 bits per heavy atom. The van der Waals surface area contributed by atoms with E-state index in [0.29, 0.717) is 5.02 Å². The number of ether oxygens (including phenoxy) is 1. The molecule has 3 N–H and O–H groups in total. The number of carbonyl (C=O) groups is 1. The molecule has 5 heteroatoms. The number of halogens is 1. The molecule has 21 heavy (non-hydrogen) atoms. The molecule has 0 aliphatic carbocycles. The number of hydrogen-bond acceptors (Lipinski definition) is 3. The summed E-state index contributed by atoms with van der Waals surface area (Å²) in [6.45, 7) is 1.92. The molecule has 0 spiro atoms. The lowest BCUT2D eigenvalue weighted by molar-refractivity contribution is -0.118. The molecule has 0 saturated heterocycles. The standard InChI is InChI=1S/C16H17ClN2O2/c1-10-8-11(6-7-14(10)21-2)15(16(18)20)19-13-5-3-4-12(17)9-13/h3-9,15,19H,1-2H3,(H2,18,20). The lowest BCUT2D eigenvalue weighted by Crippen LogP contribution is -2.27. The van der Waals surface area contributed by atoms with Crippen molar-refractivity contribution in [2.24, 2.45) is 5.73 Å². The highest BCUT2D eigenvalue weighted by Gasteiger charge is 2.18. The molecular formula is C16H17ClN2O2. The topological polar surface area (TPSA) is 64.3 Å². The molecule has 1 unspecified atom stereocenters. The van der Waals surface area contributed by atoms with Crippen molar-refractivity contribution >= 4 is 23.2 Å². The van der Waals surface area contributed by atoms with Crippen molar-refractivity contribution < 1.29 is 9.53 Å². The molecular weight excluding hydrogens is 288 g/mol. The SMILES string of the molecule is COc1ccc(C(Nc2cccc(Cl)c2)C(N)=O)cc1C. The van der Waals surface area contributed by atoms with E-state index in [1.807, 2.05) is 37.3 Å². The molecule has 0 fully saturated rings. The van der Waals surface area contributed by atoms with Gasteiger partial charge in [0.2, 0.25) is 5.91 Å². The van der Waals surface area contributed by atoms with Crippen LogP contribution in [0.2, 0.25) is 5.02 Å². The van der Waals surface area contributed by atoms with Gasteiger partial charge in [-0.3, -0.25) is 4.79 Å². The average Bonchev–Trinajstić information content (AvgIpc) is 2.44. The van der Waals surface area contributed by atoms with E-state index in [1.54, 1.807) is 19.2 Å². The number of benzene rings is 2. The Balaban J connectivity index is 2.31. The fourth-order valence-corrected chi connectivity index (χ4v) is 2.34. The molecule has 0 radical (unpaired) electrons. The second-order valence-corrected chi connectivity index (χ2v) is 5.16. The Labute approximate surface area is 128 Å². The molecule has 0 heterocycles. The number of rotatable bonds is 5. The molecule has 4 nitrogen and oxygen atoms in total. The lowest BCUT2D eigenvalue weighted by atomic mass is 10.0. The summed E-state index contributed by atoms with van der Waals surface area (Å²) in [5.74, 6) is 0.310. The van der Waals surface area contributed by atoms with Gasteiger partial charge in [-0.05, 0) is 48.4 Å². The van der Waals surface area contributed by atoms with Gasteiger partial charge in [0, 0.05) is 10.7 Å². The first-order valence-electron chi connectivity index (χ1n) is 6.47. The maximum Gasteiger partial charge on any atom is 0.244 e. The van der Waals surface area contributed by atoms with Crippen LogP contribution in [0.5, 0.6) is 5.75 Å². The Hall–Kier alpha value is -2.20. The van der Waals surface area contributed by atoms with Crippen LogP contribution < -0.4 is 15.8 Å². The molecule has 2 rings (SSSR count). The van der Waals surface area contributed by atoms with Crippen LogP contribution in [-0.4, -0.2) is 13.0 Å². The molecule has 1 atom stereocenters. The third-order valence-electron chi connectivity index (χ3n) is 3.17. The normalized spacial score (nSPS) is 11.8. The number of nitrogens with two attached hydrogens (primary N) is 1.